The predicted molar refractivity (Wildman–Crippen MR) is 266 cm³/mol. The molecule has 3 aromatic rings. The zero-order valence-corrected chi connectivity index (χ0v) is 38.1. The van der Waals surface area contributed by atoms with E-state index in [9.17, 15) is 5.26 Å². The monoisotopic (exact) mass is 879 g/mol. The summed E-state index contributed by atoms with van der Waals surface area (Å²) in [6.07, 6.45) is 52.7. The summed E-state index contributed by atoms with van der Waals surface area (Å²) in [5, 5.41) is 21.0. The average Bonchev–Trinajstić information content (AvgIpc) is 4.09. The second-order valence-corrected chi connectivity index (χ2v) is 20.4. The summed E-state index contributed by atoms with van der Waals surface area (Å²) in [7, 11) is 0. The molecular weight excluding hydrogens is 823 g/mol. The number of fused-ring (bicyclic) bond motifs is 12. The van der Waals surface area contributed by atoms with E-state index in [1.54, 1.807) is 0 Å². The van der Waals surface area contributed by atoms with Gasteiger partial charge < -0.3 is 18.6 Å². The molecule has 1 fully saturated rings. The highest BCUT2D eigenvalue weighted by molar-refractivity contribution is 5.99. The Hall–Kier alpha value is -6.33. The van der Waals surface area contributed by atoms with Crippen molar-refractivity contribution in [3.05, 3.63) is 195 Å². The summed E-state index contributed by atoms with van der Waals surface area (Å²) in [6.45, 7) is 0. The lowest BCUT2D eigenvalue weighted by molar-refractivity contribution is 0.291. The summed E-state index contributed by atoms with van der Waals surface area (Å²) in [5.41, 5.74) is 15.4. The van der Waals surface area contributed by atoms with Gasteiger partial charge in [-0.05, 0) is 124 Å². The minimum Gasteiger partial charge on any atom is -0.461 e. The van der Waals surface area contributed by atoms with Crippen molar-refractivity contribution in [1.29, 1.82) is 5.26 Å². The number of nitriles is 1. The Morgan fingerprint density at radius 1 is 0.761 bits per heavy atom. The summed E-state index contributed by atoms with van der Waals surface area (Å²) in [4.78, 5) is 2.64. The molecule has 0 saturated carbocycles. The van der Waals surface area contributed by atoms with Gasteiger partial charge in [0.25, 0.3) is 0 Å². The van der Waals surface area contributed by atoms with E-state index < -0.39 is 0 Å². The molecule has 334 valence electrons. The molecule has 8 aliphatic carbocycles. The Morgan fingerprint density at radius 3 is 2.60 bits per heavy atom. The van der Waals surface area contributed by atoms with Gasteiger partial charge in [0.1, 0.15) is 29.1 Å². The molecule has 5 heterocycles. The topological polar surface area (TPSA) is 78.4 Å². The van der Waals surface area contributed by atoms with Gasteiger partial charge in [-0.3, -0.25) is 10.6 Å². The number of para-hydroxylation sites is 1. The maximum absolute atomic E-state index is 11.4. The lowest BCUT2D eigenvalue weighted by Gasteiger charge is -2.41. The van der Waals surface area contributed by atoms with E-state index in [2.05, 4.69) is 154 Å². The van der Waals surface area contributed by atoms with E-state index in [0.717, 1.165) is 112 Å². The van der Waals surface area contributed by atoms with Crippen LogP contribution in [0.2, 0.25) is 0 Å². The van der Waals surface area contributed by atoms with Crippen LogP contribution in [0.1, 0.15) is 92.8 Å². The van der Waals surface area contributed by atoms with E-state index in [1.807, 2.05) is 0 Å². The highest BCUT2D eigenvalue weighted by Gasteiger charge is 2.45. The van der Waals surface area contributed by atoms with Crippen LogP contribution in [0.25, 0.3) is 28.3 Å². The molecule has 1 aromatic carbocycles. The van der Waals surface area contributed by atoms with E-state index in [0.29, 0.717) is 11.8 Å². The standard InChI is InChI=1S/C60H57N5O2/c61-35-38-32-46(48-30-29-47(62-60(63-48)36-14-2-1-3-15-36)37-26-27-43-41-18-7-12-24-55(41)66-57(43)33-37)54(34-53(38)64-49-21-9-4-16-39(49)40-17-5-10-22-50(40)64)65-51-23-11-6-20-45(51)58-52(65)31-28-44-42-19-8-13-25-56(42)67-59(44)58/h1-4,6,10-11,13-14,16,18,20,22-26,29-30,32-33,36,40,43,47-48,50,54,60,62-63H,5,7-9,12,15,17,19,21,27-28,31,34H2. The highest BCUT2D eigenvalue weighted by Crippen LogP contribution is 2.53. The largest absolute Gasteiger partial charge is 0.461 e. The highest BCUT2D eigenvalue weighted by atomic mass is 16.5. The third kappa shape index (κ3) is 6.29. The molecule has 0 bridgehead atoms. The molecule has 2 N–H and O–H groups in total. The maximum Gasteiger partial charge on any atom is 0.140 e. The molecule has 7 heteroatoms. The van der Waals surface area contributed by atoms with Crippen LogP contribution in [0.5, 0.6) is 0 Å². The fraction of sp³-hybridized carbons (Fsp3) is 0.350. The first-order chi connectivity index (χ1) is 33.2. The second kappa shape index (κ2) is 15.9. The van der Waals surface area contributed by atoms with Crippen LogP contribution in [-0.2, 0) is 24.0 Å². The van der Waals surface area contributed by atoms with E-state index in [4.69, 9.17) is 9.15 Å². The number of hydrogen-bond donors (Lipinski definition) is 2. The van der Waals surface area contributed by atoms with E-state index in [-0.39, 0.29) is 36.3 Å². The summed E-state index contributed by atoms with van der Waals surface area (Å²) < 4.78 is 16.2. The van der Waals surface area contributed by atoms with Gasteiger partial charge in [-0.2, -0.15) is 5.26 Å². The Balaban J connectivity index is 0.933. The molecule has 7 nitrogen and oxygen atoms in total. The van der Waals surface area contributed by atoms with Gasteiger partial charge in [0.15, 0.2) is 0 Å². The van der Waals surface area contributed by atoms with Crippen molar-refractivity contribution in [3.8, 4) is 17.4 Å². The number of ether oxygens (including phenoxy) is 1. The van der Waals surface area contributed by atoms with Gasteiger partial charge in [-0.25, -0.2) is 0 Å². The quantitative estimate of drug-likeness (QED) is 0.249. The number of nitrogens with one attached hydrogen (secondary N) is 2. The van der Waals surface area contributed by atoms with Gasteiger partial charge in [0.2, 0.25) is 0 Å². The molecule has 3 aliphatic heterocycles. The molecular formula is C60H57N5O2. The first-order valence-corrected chi connectivity index (χ1v) is 25.4. The van der Waals surface area contributed by atoms with Crippen LogP contribution >= 0.6 is 0 Å². The second-order valence-electron chi connectivity index (χ2n) is 20.4. The molecule has 0 radical (unpaired) electrons. The molecule has 0 amide bonds. The van der Waals surface area contributed by atoms with Gasteiger partial charge in [-0.1, -0.05) is 97.2 Å². The molecule has 67 heavy (non-hydrogen) atoms. The number of rotatable bonds is 5. The molecule has 0 spiro atoms. The maximum atomic E-state index is 11.4. The summed E-state index contributed by atoms with van der Waals surface area (Å²) >= 11 is 0. The fourth-order valence-electron chi connectivity index (χ4n) is 13.8. The molecule has 8 unspecified atom stereocenters. The van der Waals surface area contributed by atoms with Crippen LogP contribution in [0.15, 0.2) is 177 Å². The Kier molecular flexibility index (Phi) is 9.44. The van der Waals surface area contributed by atoms with Crippen molar-refractivity contribution in [1.82, 2.24) is 20.1 Å². The van der Waals surface area contributed by atoms with E-state index in [1.165, 1.54) is 67.0 Å². The van der Waals surface area contributed by atoms with Crippen LogP contribution in [0.3, 0.4) is 0 Å². The number of aromatic nitrogens is 1. The number of hydrogen-bond acceptors (Lipinski definition) is 6. The minimum atomic E-state index is -0.146. The van der Waals surface area contributed by atoms with Crippen LogP contribution in [0, 0.1) is 29.1 Å². The van der Waals surface area contributed by atoms with Crippen LogP contribution < -0.4 is 10.6 Å². The van der Waals surface area contributed by atoms with Crippen molar-refractivity contribution in [2.75, 3.05) is 0 Å². The first kappa shape index (κ1) is 39.8. The molecule has 11 aliphatic rings. The van der Waals surface area contributed by atoms with Crippen molar-refractivity contribution in [3.63, 3.8) is 0 Å². The summed E-state index contributed by atoms with van der Waals surface area (Å²) in [6, 6.07) is 11.9. The van der Waals surface area contributed by atoms with Gasteiger partial charge in [0.05, 0.1) is 35.9 Å². The number of furan rings is 1. The Bertz CT molecular complexity index is 3110. The molecule has 14 rings (SSSR count). The van der Waals surface area contributed by atoms with Crippen LogP contribution in [0.4, 0.5) is 0 Å². The SMILES string of the molecule is N#CC1=C(N2C3=C(C=CCC3)C3CCC=CC32)CC(n2c3c(c4ccccc42)-c2oc4c(c2CC3)CCC=C4)C(C2C=CC(C3=CCC4C(=C3)OC3=CCCC=C34)NC(C3C=CC=CC3)N2)=C1. The minimum absolute atomic E-state index is 0.0180. The van der Waals surface area contributed by atoms with Crippen molar-refractivity contribution in [2.45, 2.75) is 114 Å². The Morgan fingerprint density at radius 2 is 1.66 bits per heavy atom. The smallest absolute Gasteiger partial charge is 0.140 e. The van der Waals surface area contributed by atoms with Crippen LogP contribution in [-0.4, -0.2) is 33.8 Å². The normalized spacial score (nSPS) is 31.0. The number of benzene rings is 1. The van der Waals surface area contributed by atoms with Crippen molar-refractivity contribution < 1.29 is 9.15 Å². The third-order valence-electron chi connectivity index (χ3n) is 16.9. The number of allylic oxidation sites excluding steroid dienone is 16. The van der Waals surface area contributed by atoms with Gasteiger partial charge in [0, 0.05) is 74.4 Å². The van der Waals surface area contributed by atoms with E-state index >= 15 is 0 Å². The lowest BCUT2D eigenvalue weighted by atomic mass is 9.83. The zero-order valence-electron chi connectivity index (χ0n) is 38.1. The van der Waals surface area contributed by atoms with Crippen molar-refractivity contribution in [2.24, 2.45) is 17.8 Å². The lowest BCUT2D eigenvalue weighted by Crippen LogP contribution is -2.53. The van der Waals surface area contributed by atoms with Crippen molar-refractivity contribution >= 4 is 17.0 Å². The zero-order chi connectivity index (χ0) is 44.2. The average molecular weight is 880 g/mol. The molecule has 8 atom stereocenters. The molecule has 1 saturated heterocycles. The number of nitrogens with zero attached hydrogens (tertiary/aromatic N) is 3. The predicted octanol–water partition coefficient (Wildman–Crippen LogP) is 12.3. The Labute approximate surface area is 393 Å². The first-order valence-electron chi connectivity index (χ1n) is 25.4. The third-order valence-corrected chi connectivity index (χ3v) is 16.9. The summed E-state index contributed by atoms with van der Waals surface area (Å²) in [5.74, 6) is 5.24. The van der Waals surface area contributed by atoms with Gasteiger partial charge >= 0.3 is 0 Å². The fourth-order valence-corrected chi connectivity index (χ4v) is 13.8. The van der Waals surface area contributed by atoms with Gasteiger partial charge in [-0.15, -0.1) is 0 Å². The molecule has 2 aromatic heterocycles.